The fraction of sp³-hybridized carbons (Fsp3) is 0.314. The monoisotopic (exact) mass is 736 g/mol. The molecule has 0 saturated heterocycles. The number of anilines is 1. The van der Waals surface area contributed by atoms with Crippen molar-refractivity contribution in [3.63, 3.8) is 0 Å². The van der Waals surface area contributed by atoms with Crippen LogP contribution in [0.15, 0.2) is 93.3 Å². The normalized spacial score (nSPS) is 11.7. The first-order valence-electron chi connectivity index (χ1n) is 16.1. The molecule has 0 aliphatic rings. The number of azo groups is 2. The number of ether oxygens (including phenoxy) is 1. The van der Waals surface area contributed by atoms with E-state index >= 15 is 0 Å². The Kier molecular flexibility index (Phi) is 13.5. The van der Waals surface area contributed by atoms with Crippen molar-refractivity contribution in [1.29, 1.82) is 0 Å². The molecule has 4 rings (SSSR count). The van der Waals surface area contributed by atoms with Crippen molar-refractivity contribution in [2.45, 2.75) is 20.4 Å². The molecule has 0 aliphatic carbocycles. The number of likely N-dealkylation sites (N-methyl/N-ethyl adjacent to an activating group) is 2. The standard InChI is InChI=1S/C35H40Cl2N9O5/c1-6-43(27-9-7-26(8-10-27)39-40-32-13-11-28(44(47)48)20-30(32)36)16-18-46(3,4)17-15-38-23-25-19-24(2)34(22-35(25)51-5)42-41-33-14-12-29(45(49)50)21-31(33)37/h7-14,19-22,38H,6,15-18,23H2,1-5H3/q+1/b40-39+,42-41+. The Bertz CT molecular complexity index is 1920. The van der Waals surface area contributed by atoms with E-state index in [2.05, 4.69) is 51.7 Å². The average molecular weight is 738 g/mol. The molecule has 0 aromatic heterocycles. The van der Waals surface area contributed by atoms with Gasteiger partial charge in [0.1, 0.15) is 17.1 Å². The van der Waals surface area contributed by atoms with Crippen LogP contribution in [0.25, 0.3) is 0 Å². The maximum absolute atomic E-state index is 11.0. The molecule has 14 nitrogen and oxygen atoms in total. The number of methoxy groups -OCH3 is 1. The molecule has 0 saturated carbocycles. The number of hydrogen-bond donors (Lipinski definition) is 1. The van der Waals surface area contributed by atoms with Crippen molar-refractivity contribution < 1.29 is 19.1 Å². The lowest BCUT2D eigenvalue weighted by molar-refractivity contribution is -0.887. The van der Waals surface area contributed by atoms with Gasteiger partial charge in [-0.1, -0.05) is 23.2 Å². The van der Waals surface area contributed by atoms with Gasteiger partial charge < -0.3 is 19.4 Å². The zero-order valence-electron chi connectivity index (χ0n) is 29.0. The molecule has 4 aromatic rings. The summed E-state index contributed by atoms with van der Waals surface area (Å²) in [7, 11) is 6.03. The Balaban J connectivity index is 1.28. The number of nitrogens with zero attached hydrogens (tertiary/aromatic N) is 8. The predicted molar refractivity (Wildman–Crippen MR) is 200 cm³/mol. The van der Waals surface area contributed by atoms with Gasteiger partial charge in [0.15, 0.2) is 0 Å². The number of nitro groups is 2. The molecule has 0 radical (unpaired) electrons. The van der Waals surface area contributed by atoms with E-state index in [-0.39, 0.29) is 21.4 Å². The Hall–Kier alpha value is -5.02. The molecule has 0 atom stereocenters. The van der Waals surface area contributed by atoms with Gasteiger partial charge in [0.2, 0.25) is 0 Å². The third-order valence-corrected chi connectivity index (χ3v) is 8.81. The highest BCUT2D eigenvalue weighted by Gasteiger charge is 2.18. The molecule has 4 aromatic carbocycles. The molecule has 0 fully saturated rings. The van der Waals surface area contributed by atoms with Crippen LogP contribution in [0.3, 0.4) is 0 Å². The van der Waals surface area contributed by atoms with Gasteiger partial charge in [-0.3, -0.25) is 20.2 Å². The summed E-state index contributed by atoms with van der Waals surface area (Å²) in [6, 6.07) is 19.7. The van der Waals surface area contributed by atoms with Gasteiger partial charge in [-0.05, 0) is 61.9 Å². The third-order valence-electron chi connectivity index (χ3n) is 8.20. The largest absolute Gasteiger partial charge is 0.496 e. The Morgan fingerprint density at radius 1 is 0.804 bits per heavy atom. The molecule has 1 N–H and O–H groups in total. The Morgan fingerprint density at radius 2 is 1.37 bits per heavy atom. The van der Waals surface area contributed by atoms with Crippen molar-refractivity contribution in [1.82, 2.24) is 5.32 Å². The fourth-order valence-electron chi connectivity index (χ4n) is 5.08. The maximum atomic E-state index is 11.0. The lowest BCUT2D eigenvalue weighted by Crippen LogP contribution is -2.48. The Morgan fingerprint density at radius 3 is 1.90 bits per heavy atom. The van der Waals surface area contributed by atoms with Gasteiger partial charge in [-0.25, -0.2) is 0 Å². The predicted octanol–water partition coefficient (Wildman–Crippen LogP) is 9.65. The first-order chi connectivity index (χ1) is 24.3. The first-order valence-corrected chi connectivity index (χ1v) is 16.8. The molecule has 51 heavy (non-hydrogen) atoms. The number of benzene rings is 4. The number of rotatable bonds is 17. The van der Waals surface area contributed by atoms with Crippen LogP contribution in [0.5, 0.6) is 5.75 Å². The van der Waals surface area contributed by atoms with Crippen LogP contribution in [-0.2, 0) is 6.54 Å². The van der Waals surface area contributed by atoms with E-state index in [1.54, 1.807) is 7.11 Å². The van der Waals surface area contributed by atoms with Crippen molar-refractivity contribution >= 4 is 63.0 Å². The van der Waals surface area contributed by atoms with Gasteiger partial charge in [0.25, 0.3) is 11.4 Å². The second-order valence-corrected chi connectivity index (χ2v) is 13.1. The van der Waals surface area contributed by atoms with Gasteiger partial charge in [-0.15, -0.1) is 10.2 Å². The van der Waals surface area contributed by atoms with E-state index in [9.17, 15) is 20.2 Å². The van der Waals surface area contributed by atoms with Crippen LogP contribution >= 0.6 is 23.2 Å². The van der Waals surface area contributed by atoms with Crippen molar-refractivity contribution in [3.8, 4) is 5.75 Å². The molecule has 0 aliphatic heterocycles. The molecule has 16 heteroatoms. The molecular weight excluding hydrogens is 697 g/mol. The summed E-state index contributed by atoms with van der Waals surface area (Å²) in [6.45, 7) is 8.99. The van der Waals surface area contributed by atoms with Crippen molar-refractivity contribution in [2.75, 3.05) is 58.8 Å². The van der Waals surface area contributed by atoms with E-state index in [1.165, 1.54) is 36.4 Å². The minimum absolute atomic E-state index is 0.101. The zero-order chi connectivity index (χ0) is 37.1. The van der Waals surface area contributed by atoms with E-state index in [0.29, 0.717) is 35.0 Å². The quantitative estimate of drug-likeness (QED) is 0.0371. The van der Waals surface area contributed by atoms with Crippen LogP contribution in [0.1, 0.15) is 18.1 Å². The SMILES string of the molecule is CCN(CC[N+](C)(C)CCNCc1cc(C)c(/N=N/c2ccc([N+](=O)[O-])cc2Cl)cc1OC)c1ccc(/N=N/c2ccc([N+](=O)[O-])cc2Cl)cc1. The van der Waals surface area contributed by atoms with Crippen LogP contribution < -0.4 is 15.0 Å². The van der Waals surface area contributed by atoms with Gasteiger partial charge in [-0.2, -0.15) is 10.2 Å². The highest BCUT2D eigenvalue weighted by atomic mass is 35.5. The van der Waals surface area contributed by atoms with Crippen LogP contribution in [-0.4, -0.2) is 68.3 Å². The fourth-order valence-corrected chi connectivity index (χ4v) is 5.51. The summed E-state index contributed by atoms with van der Waals surface area (Å²) in [4.78, 5) is 23.2. The average Bonchev–Trinajstić information content (AvgIpc) is 3.10. The molecule has 0 amide bonds. The summed E-state index contributed by atoms with van der Waals surface area (Å²) in [6.07, 6.45) is 0. The summed E-state index contributed by atoms with van der Waals surface area (Å²) in [5, 5.41) is 42.7. The van der Waals surface area contributed by atoms with E-state index in [4.69, 9.17) is 27.9 Å². The lowest BCUT2D eigenvalue weighted by atomic mass is 10.1. The first kappa shape index (κ1) is 38.8. The van der Waals surface area contributed by atoms with Crippen molar-refractivity contribution in [2.24, 2.45) is 20.5 Å². The number of halogens is 2. The molecule has 0 bridgehead atoms. The molecule has 0 heterocycles. The number of quaternary nitrogens is 1. The summed E-state index contributed by atoms with van der Waals surface area (Å²) < 4.78 is 6.46. The minimum atomic E-state index is -0.514. The van der Waals surface area contributed by atoms with Gasteiger partial charge in [0.05, 0.1) is 72.1 Å². The van der Waals surface area contributed by atoms with Crippen LogP contribution in [0.4, 0.5) is 39.8 Å². The van der Waals surface area contributed by atoms with E-state index in [1.807, 2.05) is 43.3 Å². The van der Waals surface area contributed by atoms with E-state index in [0.717, 1.165) is 54.0 Å². The van der Waals surface area contributed by atoms with Crippen LogP contribution in [0.2, 0.25) is 10.0 Å². The zero-order valence-corrected chi connectivity index (χ0v) is 30.6. The molecular formula is C35H40Cl2N9O5+. The smallest absolute Gasteiger partial charge is 0.271 e. The summed E-state index contributed by atoms with van der Waals surface area (Å²) >= 11 is 12.3. The number of hydrogen-bond acceptors (Lipinski definition) is 11. The summed E-state index contributed by atoms with van der Waals surface area (Å²) in [5.74, 6) is 0.673. The van der Waals surface area contributed by atoms with Crippen LogP contribution in [0, 0.1) is 27.2 Å². The number of aryl methyl sites for hydroxylation is 1. The molecule has 268 valence electrons. The van der Waals surface area contributed by atoms with Gasteiger partial charge in [0, 0.05) is 61.2 Å². The van der Waals surface area contributed by atoms with Crippen molar-refractivity contribution in [3.05, 3.63) is 114 Å². The minimum Gasteiger partial charge on any atom is -0.496 e. The maximum Gasteiger partial charge on any atom is 0.271 e. The third kappa shape index (κ3) is 11.0. The summed E-state index contributed by atoms with van der Waals surface area (Å²) in [5.41, 5.74) is 4.69. The second-order valence-electron chi connectivity index (χ2n) is 12.3. The number of nitro benzene ring substituents is 2. The molecule has 0 unspecified atom stereocenters. The molecule has 0 spiro atoms. The van der Waals surface area contributed by atoms with E-state index < -0.39 is 9.85 Å². The topological polar surface area (TPSA) is 160 Å². The highest BCUT2D eigenvalue weighted by Crippen LogP contribution is 2.34. The lowest BCUT2D eigenvalue weighted by Gasteiger charge is -2.33. The number of non-ortho nitro benzene ring substituents is 2. The second kappa shape index (κ2) is 17.8. The highest BCUT2D eigenvalue weighted by molar-refractivity contribution is 6.33. The number of nitrogens with one attached hydrogen (secondary N) is 1. The Labute approximate surface area is 306 Å². The van der Waals surface area contributed by atoms with Gasteiger partial charge >= 0.3 is 0 Å².